The van der Waals surface area contributed by atoms with Gasteiger partial charge < -0.3 is 43.4 Å². The smallest absolute Gasteiger partial charge is 0.326 e. The molecule has 0 bridgehead atoms. The van der Waals surface area contributed by atoms with E-state index in [-0.39, 0.29) is 18.6 Å². The topological polar surface area (TPSA) is 240 Å². The van der Waals surface area contributed by atoms with E-state index in [1.807, 2.05) is 0 Å². The third-order valence-corrected chi connectivity index (χ3v) is 4.81. The van der Waals surface area contributed by atoms with Crippen molar-refractivity contribution < 1.29 is 34.2 Å². The first-order valence-corrected chi connectivity index (χ1v) is 10.7. The molecule has 13 heteroatoms. The standard InChI is InChI=1S/C21H32N6O7/c22-8-2-1-3-14(26-20(32)15(10-17(24)29)25-18(30)11-23)19(31)27-16(21(33)34)9-12-4-6-13(28)7-5-12/h4-7,14-16,28H,1-3,8-11,22-23H2,(H2,24,29)(H,25,30)(H,26,32)(H,27,31)(H,33,34). The van der Waals surface area contributed by atoms with Crippen molar-refractivity contribution in [2.45, 2.75) is 50.2 Å². The largest absolute Gasteiger partial charge is 0.508 e. The molecule has 1 aromatic carbocycles. The third kappa shape index (κ3) is 10.3. The summed E-state index contributed by atoms with van der Waals surface area (Å²) in [4.78, 5) is 60.2. The Hall–Kier alpha value is -3.71. The Kier molecular flexibility index (Phi) is 12.0. The number of carboxylic acid groups (broad SMARTS) is 1. The number of aromatic hydroxyl groups is 1. The maximum absolute atomic E-state index is 12.9. The van der Waals surface area contributed by atoms with Crippen LogP contribution >= 0.6 is 0 Å². The Morgan fingerprint density at radius 1 is 0.853 bits per heavy atom. The SMILES string of the molecule is NCCCCC(NC(=O)C(CC(N)=O)NC(=O)CN)C(=O)NC(Cc1ccc(O)cc1)C(=O)O. The maximum atomic E-state index is 12.9. The zero-order chi connectivity index (χ0) is 25.7. The number of benzene rings is 1. The van der Waals surface area contributed by atoms with Crippen LogP contribution in [-0.4, -0.2) is 71.0 Å². The van der Waals surface area contributed by atoms with Crippen molar-refractivity contribution in [1.29, 1.82) is 0 Å². The first-order valence-electron chi connectivity index (χ1n) is 10.7. The van der Waals surface area contributed by atoms with Gasteiger partial charge in [0, 0.05) is 6.42 Å². The molecular weight excluding hydrogens is 448 g/mol. The second-order valence-corrected chi connectivity index (χ2v) is 7.61. The minimum atomic E-state index is -1.36. The second-order valence-electron chi connectivity index (χ2n) is 7.61. The Balaban J connectivity index is 2.98. The van der Waals surface area contributed by atoms with Gasteiger partial charge in [-0.05, 0) is 43.5 Å². The van der Waals surface area contributed by atoms with Crippen molar-refractivity contribution in [2.24, 2.45) is 17.2 Å². The van der Waals surface area contributed by atoms with Crippen LogP contribution in [0.4, 0.5) is 0 Å². The second kappa shape index (κ2) is 14.4. The average Bonchev–Trinajstić information content (AvgIpc) is 2.78. The highest BCUT2D eigenvalue weighted by Gasteiger charge is 2.30. The molecule has 1 aromatic rings. The molecule has 0 aliphatic heterocycles. The van der Waals surface area contributed by atoms with E-state index in [2.05, 4.69) is 16.0 Å². The number of rotatable bonds is 15. The van der Waals surface area contributed by atoms with E-state index in [1.165, 1.54) is 24.3 Å². The number of unbranched alkanes of at least 4 members (excludes halogenated alkanes) is 1. The summed E-state index contributed by atoms with van der Waals surface area (Å²) < 4.78 is 0. The van der Waals surface area contributed by atoms with Crippen molar-refractivity contribution in [1.82, 2.24) is 16.0 Å². The number of nitrogens with two attached hydrogens (primary N) is 3. The highest BCUT2D eigenvalue weighted by molar-refractivity contribution is 5.95. The molecule has 4 amide bonds. The van der Waals surface area contributed by atoms with Gasteiger partial charge in [0.25, 0.3) is 0 Å². The number of primary amides is 1. The molecule has 0 spiro atoms. The summed E-state index contributed by atoms with van der Waals surface area (Å²) in [7, 11) is 0. The molecule has 0 saturated heterocycles. The fourth-order valence-corrected chi connectivity index (χ4v) is 3.04. The minimum Gasteiger partial charge on any atom is -0.508 e. The van der Waals surface area contributed by atoms with E-state index in [4.69, 9.17) is 17.2 Å². The summed E-state index contributed by atoms with van der Waals surface area (Å²) in [5, 5.41) is 26.0. The summed E-state index contributed by atoms with van der Waals surface area (Å²) in [6.45, 7) is -0.0851. The molecule has 1 rings (SSSR count). The summed E-state index contributed by atoms with van der Waals surface area (Å²) in [6, 6.07) is 1.99. The van der Waals surface area contributed by atoms with Crippen molar-refractivity contribution in [2.75, 3.05) is 13.1 Å². The molecule has 0 saturated carbocycles. The monoisotopic (exact) mass is 480 g/mol. The van der Waals surface area contributed by atoms with E-state index >= 15 is 0 Å². The number of phenols is 1. The molecular formula is C21H32N6O7. The number of carbonyl (C=O) groups is 5. The number of phenolic OH excluding ortho intramolecular Hbond substituents is 1. The van der Waals surface area contributed by atoms with E-state index in [0.717, 1.165) is 0 Å². The maximum Gasteiger partial charge on any atom is 0.326 e. The van der Waals surface area contributed by atoms with Crippen LogP contribution in [0.2, 0.25) is 0 Å². The van der Waals surface area contributed by atoms with Crippen LogP contribution in [-0.2, 0) is 30.4 Å². The van der Waals surface area contributed by atoms with Gasteiger partial charge in [-0.3, -0.25) is 19.2 Å². The Morgan fingerprint density at radius 2 is 1.44 bits per heavy atom. The van der Waals surface area contributed by atoms with Crippen molar-refractivity contribution in [3.05, 3.63) is 29.8 Å². The van der Waals surface area contributed by atoms with Gasteiger partial charge in [0.2, 0.25) is 23.6 Å². The number of aliphatic carboxylic acids is 1. The lowest BCUT2D eigenvalue weighted by Crippen LogP contribution is -2.57. The first kappa shape index (κ1) is 28.3. The van der Waals surface area contributed by atoms with E-state index in [9.17, 15) is 34.2 Å². The first-order chi connectivity index (χ1) is 16.1. The third-order valence-electron chi connectivity index (χ3n) is 4.81. The van der Waals surface area contributed by atoms with Gasteiger partial charge in [-0.15, -0.1) is 0 Å². The Bertz CT molecular complexity index is 862. The van der Waals surface area contributed by atoms with Gasteiger partial charge in [-0.1, -0.05) is 12.1 Å². The zero-order valence-corrected chi connectivity index (χ0v) is 18.7. The molecule has 0 heterocycles. The predicted octanol–water partition coefficient (Wildman–Crippen LogP) is -2.56. The molecule has 13 nitrogen and oxygen atoms in total. The van der Waals surface area contributed by atoms with Crippen LogP contribution in [0.25, 0.3) is 0 Å². The fourth-order valence-electron chi connectivity index (χ4n) is 3.04. The van der Waals surface area contributed by atoms with Gasteiger partial charge in [0.1, 0.15) is 23.9 Å². The zero-order valence-electron chi connectivity index (χ0n) is 18.7. The molecule has 0 aromatic heterocycles. The Labute approximate surface area is 196 Å². The van der Waals surface area contributed by atoms with E-state index in [0.29, 0.717) is 24.9 Å². The highest BCUT2D eigenvalue weighted by Crippen LogP contribution is 2.12. The lowest BCUT2D eigenvalue weighted by molar-refractivity contribution is -0.142. The Morgan fingerprint density at radius 3 is 1.97 bits per heavy atom. The van der Waals surface area contributed by atoms with Crippen molar-refractivity contribution >= 4 is 29.6 Å². The number of amides is 4. The van der Waals surface area contributed by atoms with Gasteiger partial charge in [-0.25, -0.2) is 4.79 Å². The van der Waals surface area contributed by atoms with Crippen molar-refractivity contribution in [3.8, 4) is 5.75 Å². The van der Waals surface area contributed by atoms with E-state index in [1.54, 1.807) is 0 Å². The average molecular weight is 481 g/mol. The lowest BCUT2D eigenvalue weighted by atomic mass is 10.0. The summed E-state index contributed by atoms with van der Waals surface area (Å²) in [5.74, 6) is -4.46. The van der Waals surface area contributed by atoms with Gasteiger partial charge >= 0.3 is 5.97 Å². The van der Waals surface area contributed by atoms with Crippen LogP contribution < -0.4 is 33.2 Å². The molecule has 34 heavy (non-hydrogen) atoms. The van der Waals surface area contributed by atoms with Crippen LogP contribution in [0.5, 0.6) is 5.75 Å². The molecule has 188 valence electrons. The number of carbonyl (C=O) groups excluding carboxylic acids is 4. The minimum absolute atomic E-state index is 0.00887. The van der Waals surface area contributed by atoms with Crippen LogP contribution in [0.1, 0.15) is 31.2 Å². The lowest BCUT2D eigenvalue weighted by Gasteiger charge is -2.24. The van der Waals surface area contributed by atoms with Gasteiger partial charge in [0.05, 0.1) is 13.0 Å². The van der Waals surface area contributed by atoms with Gasteiger partial charge in [0.15, 0.2) is 0 Å². The van der Waals surface area contributed by atoms with Gasteiger partial charge in [-0.2, -0.15) is 0 Å². The normalized spacial score (nSPS) is 13.2. The van der Waals surface area contributed by atoms with E-state index < -0.39 is 60.7 Å². The fraction of sp³-hybridized carbons (Fsp3) is 0.476. The molecule has 0 aliphatic carbocycles. The predicted molar refractivity (Wildman–Crippen MR) is 121 cm³/mol. The molecule has 3 unspecified atom stereocenters. The molecule has 0 radical (unpaired) electrons. The van der Waals surface area contributed by atoms with Crippen LogP contribution in [0.15, 0.2) is 24.3 Å². The summed E-state index contributed by atoms with van der Waals surface area (Å²) in [5.41, 5.74) is 16.4. The molecule has 0 fully saturated rings. The quantitative estimate of drug-likeness (QED) is 0.123. The van der Waals surface area contributed by atoms with Crippen LogP contribution in [0.3, 0.4) is 0 Å². The van der Waals surface area contributed by atoms with Crippen LogP contribution in [0, 0.1) is 0 Å². The number of hydrogen-bond acceptors (Lipinski definition) is 8. The number of hydrogen-bond donors (Lipinski definition) is 8. The summed E-state index contributed by atoms with van der Waals surface area (Å²) >= 11 is 0. The number of carboxylic acids is 1. The molecule has 11 N–H and O–H groups in total. The summed E-state index contributed by atoms with van der Waals surface area (Å²) in [6.07, 6.45) is 0.536. The highest BCUT2D eigenvalue weighted by atomic mass is 16.4. The molecule has 0 aliphatic rings. The number of nitrogens with one attached hydrogen (secondary N) is 3. The van der Waals surface area contributed by atoms with Crippen molar-refractivity contribution in [3.63, 3.8) is 0 Å². The molecule has 3 atom stereocenters.